The Morgan fingerprint density at radius 2 is 2.30 bits per heavy atom. The molecule has 1 aliphatic carbocycles. The maximum atomic E-state index is 11.8. The molecule has 2 heterocycles. The highest BCUT2D eigenvalue weighted by atomic mass is 32.2. The summed E-state index contributed by atoms with van der Waals surface area (Å²) >= 11 is 2.99. The lowest BCUT2D eigenvalue weighted by atomic mass is 10.3. The number of hydrogen-bond donors (Lipinski definition) is 2. The van der Waals surface area contributed by atoms with Gasteiger partial charge >= 0.3 is 6.03 Å². The van der Waals surface area contributed by atoms with Crippen LogP contribution < -0.4 is 11.1 Å². The lowest BCUT2D eigenvalue weighted by molar-refractivity contribution is -0.119. The maximum absolute atomic E-state index is 11.8. The van der Waals surface area contributed by atoms with Gasteiger partial charge in [-0.05, 0) is 31.2 Å². The first-order valence-electron chi connectivity index (χ1n) is 7.27. The summed E-state index contributed by atoms with van der Waals surface area (Å²) in [6.45, 7) is 1.72. The van der Waals surface area contributed by atoms with Gasteiger partial charge in [0.05, 0.1) is 5.25 Å². The number of urea groups is 1. The molecule has 23 heavy (non-hydrogen) atoms. The van der Waals surface area contributed by atoms with Crippen molar-refractivity contribution in [3.8, 4) is 0 Å². The molecule has 0 radical (unpaired) electrons. The van der Waals surface area contributed by atoms with Crippen LogP contribution in [0.1, 0.15) is 36.5 Å². The van der Waals surface area contributed by atoms with Crippen molar-refractivity contribution in [2.75, 3.05) is 0 Å². The van der Waals surface area contributed by atoms with Gasteiger partial charge in [-0.1, -0.05) is 17.8 Å². The van der Waals surface area contributed by atoms with E-state index < -0.39 is 17.2 Å². The molecule has 122 valence electrons. The van der Waals surface area contributed by atoms with Crippen LogP contribution in [0.5, 0.6) is 0 Å². The molecule has 1 saturated carbocycles. The molecule has 3 amide bonds. The SMILES string of the molecule is CC(Sc1nnc(Cc2cccs2)n1C1CC1)C(=O)NC(N)=O. The number of aromatic nitrogens is 3. The number of imide groups is 1. The highest BCUT2D eigenvalue weighted by Crippen LogP contribution is 2.40. The van der Waals surface area contributed by atoms with Crippen LogP contribution in [0.3, 0.4) is 0 Å². The number of thiophene rings is 1. The van der Waals surface area contributed by atoms with Gasteiger partial charge in [-0.2, -0.15) is 0 Å². The van der Waals surface area contributed by atoms with E-state index in [4.69, 9.17) is 5.73 Å². The molecule has 3 N–H and O–H groups in total. The lowest BCUT2D eigenvalue weighted by Crippen LogP contribution is -2.39. The van der Waals surface area contributed by atoms with E-state index in [1.165, 1.54) is 16.6 Å². The molecule has 0 aliphatic heterocycles. The Morgan fingerprint density at radius 3 is 2.91 bits per heavy atom. The maximum Gasteiger partial charge on any atom is 0.318 e. The Hall–Kier alpha value is -1.87. The van der Waals surface area contributed by atoms with Gasteiger partial charge in [-0.25, -0.2) is 4.79 Å². The van der Waals surface area contributed by atoms with E-state index in [9.17, 15) is 9.59 Å². The predicted octanol–water partition coefficient (Wildman–Crippen LogP) is 1.94. The molecular weight excluding hydrogens is 334 g/mol. The van der Waals surface area contributed by atoms with Crippen molar-refractivity contribution < 1.29 is 9.59 Å². The van der Waals surface area contributed by atoms with Crippen molar-refractivity contribution in [2.45, 2.75) is 42.6 Å². The molecule has 1 unspecified atom stereocenters. The Balaban J connectivity index is 1.75. The molecule has 0 spiro atoms. The Kier molecular flexibility index (Phi) is 4.67. The molecule has 0 bridgehead atoms. The second-order valence-electron chi connectivity index (χ2n) is 5.37. The molecule has 1 atom stereocenters. The zero-order valence-corrected chi connectivity index (χ0v) is 14.2. The van der Waals surface area contributed by atoms with Gasteiger partial charge in [0.1, 0.15) is 5.82 Å². The van der Waals surface area contributed by atoms with Gasteiger partial charge in [-0.3, -0.25) is 10.1 Å². The van der Waals surface area contributed by atoms with Gasteiger partial charge in [0.25, 0.3) is 0 Å². The van der Waals surface area contributed by atoms with Crippen LogP contribution in [0.2, 0.25) is 0 Å². The smallest absolute Gasteiger partial charge is 0.318 e. The highest BCUT2D eigenvalue weighted by Gasteiger charge is 2.31. The number of thioether (sulfide) groups is 1. The van der Waals surface area contributed by atoms with E-state index in [2.05, 4.69) is 26.1 Å². The molecule has 2 aromatic heterocycles. The van der Waals surface area contributed by atoms with E-state index in [1.807, 2.05) is 11.4 Å². The molecule has 7 nitrogen and oxygen atoms in total. The lowest BCUT2D eigenvalue weighted by Gasteiger charge is -2.12. The molecule has 2 aromatic rings. The van der Waals surface area contributed by atoms with Crippen molar-refractivity contribution in [3.05, 3.63) is 28.2 Å². The van der Waals surface area contributed by atoms with Gasteiger partial charge in [0.15, 0.2) is 5.16 Å². The topological polar surface area (TPSA) is 103 Å². The molecule has 1 fully saturated rings. The molecule has 9 heteroatoms. The quantitative estimate of drug-likeness (QED) is 0.774. The van der Waals surface area contributed by atoms with Crippen LogP contribution in [0.15, 0.2) is 22.7 Å². The first-order valence-corrected chi connectivity index (χ1v) is 9.03. The fraction of sp³-hybridized carbons (Fsp3) is 0.429. The number of primary amides is 1. The molecular formula is C14H17N5O2S2. The fourth-order valence-corrected chi connectivity index (χ4v) is 3.85. The van der Waals surface area contributed by atoms with Crippen LogP contribution in [-0.2, 0) is 11.2 Å². The summed E-state index contributed by atoms with van der Waals surface area (Å²) in [5.74, 6) is 0.493. The third-order valence-electron chi connectivity index (χ3n) is 3.46. The van der Waals surface area contributed by atoms with Crippen molar-refractivity contribution in [2.24, 2.45) is 5.73 Å². The average molecular weight is 351 g/mol. The summed E-state index contributed by atoms with van der Waals surface area (Å²) in [7, 11) is 0. The van der Waals surface area contributed by atoms with Crippen LogP contribution in [0.4, 0.5) is 4.79 Å². The zero-order valence-electron chi connectivity index (χ0n) is 12.6. The second kappa shape index (κ2) is 6.71. The number of nitrogens with zero attached hydrogens (tertiary/aromatic N) is 3. The first-order chi connectivity index (χ1) is 11.0. The number of nitrogens with two attached hydrogens (primary N) is 1. The largest absolute Gasteiger partial charge is 0.351 e. The second-order valence-corrected chi connectivity index (χ2v) is 7.71. The number of hydrogen-bond acceptors (Lipinski definition) is 6. The van der Waals surface area contributed by atoms with Crippen molar-refractivity contribution >= 4 is 35.0 Å². The predicted molar refractivity (Wildman–Crippen MR) is 88.5 cm³/mol. The number of rotatable bonds is 6. The molecule has 0 aromatic carbocycles. The van der Waals surface area contributed by atoms with Gasteiger partial charge < -0.3 is 10.3 Å². The Bertz CT molecular complexity index is 709. The minimum absolute atomic E-state index is 0.411. The van der Waals surface area contributed by atoms with E-state index in [-0.39, 0.29) is 0 Å². The third-order valence-corrected chi connectivity index (χ3v) is 5.39. The van der Waals surface area contributed by atoms with E-state index >= 15 is 0 Å². The minimum Gasteiger partial charge on any atom is -0.351 e. The van der Waals surface area contributed by atoms with E-state index in [0.717, 1.165) is 25.1 Å². The molecule has 0 saturated heterocycles. The fourth-order valence-electron chi connectivity index (χ4n) is 2.21. The summed E-state index contributed by atoms with van der Waals surface area (Å²) < 4.78 is 2.12. The van der Waals surface area contributed by atoms with Crippen LogP contribution >= 0.6 is 23.1 Å². The number of carbonyl (C=O) groups excluding carboxylic acids is 2. The first kappa shape index (κ1) is 16.0. The summed E-state index contributed by atoms with van der Waals surface area (Å²) in [6.07, 6.45) is 2.94. The van der Waals surface area contributed by atoms with Crippen LogP contribution in [0.25, 0.3) is 0 Å². The van der Waals surface area contributed by atoms with E-state index in [0.29, 0.717) is 11.2 Å². The number of nitrogens with one attached hydrogen (secondary N) is 1. The number of amides is 3. The Morgan fingerprint density at radius 1 is 1.52 bits per heavy atom. The van der Waals surface area contributed by atoms with Crippen molar-refractivity contribution in [3.63, 3.8) is 0 Å². The average Bonchev–Trinajstić information content (AvgIpc) is 3.04. The Labute approximate surface area is 141 Å². The summed E-state index contributed by atoms with van der Waals surface area (Å²) in [5.41, 5.74) is 4.98. The molecule has 1 aliphatic rings. The van der Waals surface area contributed by atoms with Crippen LogP contribution in [-0.4, -0.2) is 32.0 Å². The number of carbonyl (C=O) groups is 2. The minimum atomic E-state index is -0.843. The van der Waals surface area contributed by atoms with Crippen LogP contribution in [0, 0.1) is 0 Å². The van der Waals surface area contributed by atoms with Crippen molar-refractivity contribution in [1.29, 1.82) is 0 Å². The normalized spacial score (nSPS) is 15.3. The van der Waals surface area contributed by atoms with Gasteiger partial charge in [0.2, 0.25) is 5.91 Å². The standard InChI is InChI=1S/C14H17N5O2S2/c1-8(12(20)16-13(15)21)23-14-18-17-11(19(14)9-4-5-9)7-10-3-2-6-22-10/h2-3,6,8-9H,4-5,7H2,1H3,(H3,15,16,20,21). The van der Waals surface area contributed by atoms with Crippen molar-refractivity contribution in [1.82, 2.24) is 20.1 Å². The third kappa shape index (κ3) is 3.91. The zero-order chi connectivity index (χ0) is 16.4. The summed E-state index contributed by atoms with van der Waals surface area (Å²) in [6, 6.07) is 3.66. The van der Waals surface area contributed by atoms with E-state index in [1.54, 1.807) is 18.3 Å². The summed E-state index contributed by atoms with van der Waals surface area (Å²) in [4.78, 5) is 23.8. The molecule has 3 rings (SSSR count). The monoisotopic (exact) mass is 351 g/mol. The van der Waals surface area contributed by atoms with Gasteiger partial charge in [-0.15, -0.1) is 21.5 Å². The summed E-state index contributed by atoms with van der Waals surface area (Å²) in [5, 5.41) is 12.9. The highest BCUT2D eigenvalue weighted by molar-refractivity contribution is 8.00. The van der Waals surface area contributed by atoms with Gasteiger partial charge in [0, 0.05) is 17.3 Å².